The zero-order valence-electron chi connectivity index (χ0n) is 7.72. The van der Waals surface area contributed by atoms with Gasteiger partial charge >= 0.3 is 0 Å². The van der Waals surface area contributed by atoms with Gasteiger partial charge in [-0.15, -0.1) is 0 Å². The first-order chi connectivity index (χ1) is 6.24. The van der Waals surface area contributed by atoms with Crippen molar-refractivity contribution in [1.29, 1.82) is 0 Å². The largest absolute Gasteiger partial charge is 0.441 e. The van der Waals surface area contributed by atoms with Gasteiger partial charge in [-0.3, -0.25) is 0 Å². The van der Waals surface area contributed by atoms with Crippen molar-refractivity contribution in [2.75, 3.05) is 18.1 Å². The highest BCUT2D eigenvalue weighted by atomic mass is 16.3. The molecule has 1 aromatic heterocycles. The summed E-state index contributed by atoms with van der Waals surface area (Å²) in [7, 11) is 1.89. The topological polar surface area (TPSA) is 51.2 Å². The highest BCUT2D eigenvalue weighted by Gasteiger charge is 2.09. The van der Waals surface area contributed by atoms with Gasteiger partial charge in [0, 0.05) is 23.7 Å². The fourth-order valence-corrected chi connectivity index (χ4v) is 1.53. The standard InChI is InChI=1S/C10H12N2O/c1-6-9-7(12-2)4-3-5-8(9)13-10(6)11/h3-5,12H,11H2,1-2H3. The zero-order valence-corrected chi connectivity index (χ0v) is 7.72. The van der Waals surface area contributed by atoms with Gasteiger partial charge in [0.25, 0.3) is 0 Å². The van der Waals surface area contributed by atoms with E-state index in [2.05, 4.69) is 5.32 Å². The molecule has 68 valence electrons. The average Bonchev–Trinajstić information content (AvgIpc) is 2.43. The molecular formula is C10H12N2O. The number of furan rings is 1. The maximum absolute atomic E-state index is 5.68. The molecule has 2 aromatic rings. The zero-order chi connectivity index (χ0) is 9.42. The van der Waals surface area contributed by atoms with Crippen LogP contribution >= 0.6 is 0 Å². The average molecular weight is 176 g/mol. The van der Waals surface area contributed by atoms with Gasteiger partial charge in [0.1, 0.15) is 5.58 Å². The molecule has 0 saturated heterocycles. The van der Waals surface area contributed by atoms with E-state index in [9.17, 15) is 0 Å². The molecule has 1 aromatic carbocycles. The molecule has 1 heterocycles. The number of hydrogen-bond donors (Lipinski definition) is 2. The Morgan fingerprint density at radius 2 is 2.15 bits per heavy atom. The molecule has 0 unspecified atom stereocenters. The van der Waals surface area contributed by atoms with Gasteiger partial charge < -0.3 is 15.5 Å². The number of rotatable bonds is 1. The quantitative estimate of drug-likeness (QED) is 0.701. The van der Waals surface area contributed by atoms with Crippen LogP contribution in [-0.2, 0) is 0 Å². The van der Waals surface area contributed by atoms with E-state index in [0.29, 0.717) is 5.88 Å². The summed E-state index contributed by atoms with van der Waals surface area (Å²) in [5.41, 5.74) is 8.57. The highest BCUT2D eigenvalue weighted by Crippen LogP contribution is 2.32. The van der Waals surface area contributed by atoms with Crippen LogP contribution in [0.2, 0.25) is 0 Å². The van der Waals surface area contributed by atoms with Crippen LogP contribution in [0.5, 0.6) is 0 Å². The first-order valence-electron chi connectivity index (χ1n) is 4.19. The minimum absolute atomic E-state index is 0.498. The monoisotopic (exact) mass is 176 g/mol. The molecule has 13 heavy (non-hydrogen) atoms. The summed E-state index contributed by atoms with van der Waals surface area (Å²) in [5, 5.41) is 4.18. The highest BCUT2D eigenvalue weighted by molar-refractivity contribution is 5.96. The summed E-state index contributed by atoms with van der Waals surface area (Å²) in [4.78, 5) is 0. The van der Waals surface area contributed by atoms with Crippen molar-refractivity contribution in [3.05, 3.63) is 23.8 Å². The second-order valence-electron chi connectivity index (χ2n) is 3.02. The number of fused-ring (bicyclic) bond motifs is 1. The molecule has 0 aliphatic heterocycles. The SMILES string of the molecule is CNc1cccc2oc(N)c(C)c12. The molecule has 3 heteroatoms. The van der Waals surface area contributed by atoms with Crippen molar-refractivity contribution in [3.63, 3.8) is 0 Å². The predicted octanol–water partition coefficient (Wildman–Crippen LogP) is 2.37. The van der Waals surface area contributed by atoms with Gasteiger partial charge in [-0.05, 0) is 19.1 Å². The molecule has 0 aliphatic carbocycles. The molecule has 0 aliphatic rings. The number of hydrogen-bond acceptors (Lipinski definition) is 3. The lowest BCUT2D eigenvalue weighted by Crippen LogP contribution is -1.89. The second-order valence-corrected chi connectivity index (χ2v) is 3.02. The molecule has 0 saturated carbocycles. The van der Waals surface area contributed by atoms with Gasteiger partial charge in [-0.1, -0.05) is 6.07 Å². The molecule has 0 atom stereocenters. The van der Waals surface area contributed by atoms with Crippen molar-refractivity contribution >= 4 is 22.5 Å². The van der Waals surface area contributed by atoms with Gasteiger partial charge in [-0.25, -0.2) is 0 Å². The maximum Gasteiger partial charge on any atom is 0.194 e. The third kappa shape index (κ3) is 1.04. The minimum atomic E-state index is 0.498. The maximum atomic E-state index is 5.68. The van der Waals surface area contributed by atoms with E-state index in [1.165, 1.54) is 0 Å². The number of nitrogen functional groups attached to an aromatic ring is 1. The third-order valence-corrected chi connectivity index (χ3v) is 2.26. The van der Waals surface area contributed by atoms with Crippen LogP contribution in [0.4, 0.5) is 11.6 Å². The third-order valence-electron chi connectivity index (χ3n) is 2.26. The molecule has 3 N–H and O–H groups in total. The van der Waals surface area contributed by atoms with Crippen LogP contribution < -0.4 is 11.1 Å². The molecule has 0 radical (unpaired) electrons. The van der Waals surface area contributed by atoms with Gasteiger partial charge in [0.15, 0.2) is 5.88 Å². The summed E-state index contributed by atoms with van der Waals surface area (Å²) in [6.45, 7) is 1.96. The van der Waals surface area contributed by atoms with Crippen molar-refractivity contribution < 1.29 is 4.42 Å². The Morgan fingerprint density at radius 1 is 1.38 bits per heavy atom. The second kappa shape index (κ2) is 2.69. The van der Waals surface area contributed by atoms with Crippen molar-refractivity contribution in [3.8, 4) is 0 Å². The summed E-state index contributed by atoms with van der Waals surface area (Å²) in [6.07, 6.45) is 0. The predicted molar refractivity (Wildman–Crippen MR) is 54.9 cm³/mol. The Bertz CT molecular complexity index is 445. The number of nitrogens with two attached hydrogens (primary N) is 1. The van der Waals surface area contributed by atoms with Crippen LogP contribution in [0.25, 0.3) is 11.0 Å². The van der Waals surface area contributed by atoms with E-state index in [1.54, 1.807) is 0 Å². The number of aryl methyl sites for hydroxylation is 1. The number of benzene rings is 1. The van der Waals surface area contributed by atoms with Gasteiger partial charge in [0.2, 0.25) is 0 Å². The fraction of sp³-hybridized carbons (Fsp3) is 0.200. The minimum Gasteiger partial charge on any atom is -0.441 e. The molecule has 0 fully saturated rings. The van der Waals surface area contributed by atoms with Crippen molar-refractivity contribution in [2.24, 2.45) is 0 Å². The normalized spacial score (nSPS) is 10.6. The Labute approximate surface area is 76.5 Å². The first-order valence-corrected chi connectivity index (χ1v) is 4.19. The Morgan fingerprint density at radius 3 is 2.85 bits per heavy atom. The lowest BCUT2D eigenvalue weighted by molar-refractivity contribution is 0.635. The first kappa shape index (κ1) is 7.98. The molecular weight excluding hydrogens is 164 g/mol. The number of anilines is 2. The summed E-state index contributed by atoms with van der Waals surface area (Å²) < 4.78 is 5.38. The summed E-state index contributed by atoms with van der Waals surface area (Å²) in [5.74, 6) is 0.498. The van der Waals surface area contributed by atoms with Crippen LogP contribution in [0.3, 0.4) is 0 Å². The molecule has 2 rings (SSSR count). The molecule has 3 nitrogen and oxygen atoms in total. The van der Waals surface area contributed by atoms with Crippen molar-refractivity contribution in [1.82, 2.24) is 0 Å². The van der Waals surface area contributed by atoms with E-state index in [0.717, 1.165) is 22.2 Å². The van der Waals surface area contributed by atoms with Gasteiger partial charge in [0.05, 0.1) is 0 Å². The van der Waals surface area contributed by atoms with Gasteiger partial charge in [-0.2, -0.15) is 0 Å². The molecule has 0 bridgehead atoms. The number of nitrogens with one attached hydrogen (secondary N) is 1. The van der Waals surface area contributed by atoms with Crippen LogP contribution in [0, 0.1) is 6.92 Å². The Balaban J connectivity index is 2.87. The van der Waals surface area contributed by atoms with E-state index < -0.39 is 0 Å². The summed E-state index contributed by atoms with van der Waals surface area (Å²) in [6, 6.07) is 5.86. The van der Waals surface area contributed by atoms with Crippen LogP contribution in [0.15, 0.2) is 22.6 Å². The molecule has 0 spiro atoms. The smallest absolute Gasteiger partial charge is 0.194 e. The van der Waals surface area contributed by atoms with E-state index in [-0.39, 0.29) is 0 Å². The Kier molecular flexibility index (Phi) is 1.65. The fourth-order valence-electron chi connectivity index (χ4n) is 1.53. The Hall–Kier alpha value is -1.64. The van der Waals surface area contributed by atoms with Crippen molar-refractivity contribution in [2.45, 2.75) is 6.92 Å². The van der Waals surface area contributed by atoms with Crippen LogP contribution in [-0.4, -0.2) is 7.05 Å². The van der Waals surface area contributed by atoms with E-state index >= 15 is 0 Å². The van der Waals surface area contributed by atoms with E-state index in [4.69, 9.17) is 10.2 Å². The van der Waals surface area contributed by atoms with Crippen LogP contribution in [0.1, 0.15) is 5.56 Å². The van der Waals surface area contributed by atoms with E-state index in [1.807, 2.05) is 32.2 Å². The molecule has 0 amide bonds. The lowest BCUT2D eigenvalue weighted by Gasteiger charge is -2.00. The lowest BCUT2D eigenvalue weighted by atomic mass is 10.1. The summed E-state index contributed by atoms with van der Waals surface area (Å²) >= 11 is 0.